The Balaban J connectivity index is 2.17. The number of nitro benzene ring substituents is 1. The maximum absolute atomic E-state index is 13.4. The lowest BCUT2D eigenvalue weighted by atomic mass is 10.3. The zero-order valence-corrected chi connectivity index (χ0v) is 17.6. The van der Waals surface area contributed by atoms with E-state index in [-0.39, 0.29) is 29.9 Å². The molecule has 2 aromatic carbocycles. The summed E-state index contributed by atoms with van der Waals surface area (Å²) < 4.78 is 34.5. The number of para-hydroxylation sites is 1. The van der Waals surface area contributed by atoms with E-state index in [1.165, 1.54) is 38.3 Å². The first kappa shape index (κ1) is 23.3. The Labute approximate surface area is 173 Å². The maximum atomic E-state index is 13.4. The van der Waals surface area contributed by atoms with Crippen molar-refractivity contribution >= 4 is 19.4 Å². The van der Waals surface area contributed by atoms with Crippen LogP contribution in [-0.2, 0) is 18.8 Å². The Morgan fingerprint density at radius 1 is 1.07 bits per heavy atom. The molecule has 0 saturated carbocycles. The molecule has 0 aliphatic rings. The van der Waals surface area contributed by atoms with E-state index in [9.17, 15) is 19.5 Å². The summed E-state index contributed by atoms with van der Waals surface area (Å²) in [6.07, 6.45) is -0.301. The molecule has 0 amide bonds. The summed E-state index contributed by atoms with van der Waals surface area (Å²) in [6, 6.07) is 12.2. The van der Waals surface area contributed by atoms with E-state index in [0.717, 1.165) is 0 Å². The monoisotopic (exact) mass is 438 g/mol. The quantitative estimate of drug-likeness (QED) is 0.242. The topological polar surface area (TPSA) is 126 Å². The molecule has 0 bridgehead atoms. The standard InChI is InChI=1S/C19H23N2O8P/c1-14(26-3)13-27-19(22)15(2)20-30(25,28-17-7-5-4-6-8-17)29-18-11-9-16(10-12-18)21(23)24/h4-12,14-15H,13H2,1-3H3,(H,20,25)/t14?,15-,30?/m1/s1. The number of nitro groups is 1. The van der Waals surface area contributed by atoms with Crippen LogP contribution < -0.4 is 14.1 Å². The van der Waals surface area contributed by atoms with Crippen molar-refractivity contribution in [2.75, 3.05) is 13.7 Å². The summed E-state index contributed by atoms with van der Waals surface area (Å²) in [6.45, 7) is 3.20. The molecule has 2 rings (SSSR count). The van der Waals surface area contributed by atoms with Gasteiger partial charge in [-0.2, -0.15) is 5.09 Å². The molecule has 30 heavy (non-hydrogen) atoms. The zero-order valence-electron chi connectivity index (χ0n) is 16.7. The summed E-state index contributed by atoms with van der Waals surface area (Å²) in [5.41, 5.74) is -0.154. The van der Waals surface area contributed by atoms with Gasteiger partial charge in [-0.15, -0.1) is 0 Å². The first-order valence-electron chi connectivity index (χ1n) is 8.98. The molecule has 10 nitrogen and oxygen atoms in total. The number of benzene rings is 2. The summed E-state index contributed by atoms with van der Waals surface area (Å²) in [7, 11) is -2.63. The second-order valence-corrected chi connectivity index (χ2v) is 7.89. The van der Waals surface area contributed by atoms with Gasteiger partial charge in [-0.05, 0) is 38.1 Å². The van der Waals surface area contributed by atoms with Gasteiger partial charge in [-0.25, -0.2) is 4.57 Å². The SMILES string of the molecule is COC(C)COC(=O)[C@@H](C)NP(=O)(Oc1ccccc1)Oc1ccc([N+](=O)[O-])cc1. The van der Waals surface area contributed by atoms with Crippen LogP contribution in [0.25, 0.3) is 0 Å². The Morgan fingerprint density at radius 2 is 1.63 bits per heavy atom. The Bertz CT molecular complexity index is 891. The molecule has 2 unspecified atom stereocenters. The van der Waals surface area contributed by atoms with E-state index in [4.69, 9.17) is 18.5 Å². The highest BCUT2D eigenvalue weighted by molar-refractivity contribution is 7.52. The smallest absolute Gasteiger partial charge is 0.462 e. The van der Waals surface area contributed by atoms with Crippen LogP contribution in [0.2, 0.25) is 0 Å². The van der Waals surface area contributed by atoms with Crippen molar-refractivity contribution in [1.82, 2.24) is 5.09 Å². The van der Waals surface area contributed by atoms with E-state index in [0.29, 0.717) is 0 Å². The Morgan fingerprint density at radius 3 is 2.17 bits per heavy atom. The lowest BCUT2D eigenvalue weighted by molar-refractivity contribution is -0.384. The Kier molecular flexibility index (Phi) is 8.35. The number of methoxy groups -OCH3 is 1. The van der Waals surface area contributed by atoms with Crippen molar-refractivity contribution in [2.45, 2.75) is 26.0 Å². The highest BCUT2D eigenvalue weighted by Gasteiger charge is 2.34. The molecule has 0 aliphatic heterocycles. The van der Waals surface area contributed by atoms with Crippen LogP contribution in [0.3, 0.4) is 0 Å². The van der Waals surface area contributed by atoms with Crippen molar-refractivity contribution in [2.24, 2.45) is 0 Å². The van der Waals surface area contributed by atoms with Crippen LogP contribution >= 0.6 is 7.75 Å². The van der Waals surface area contributed by atoms with Gasteiger partial charge in [0.05, 0.1) is 11.0 Å². The van der Waals surface area contributed by atoms with E-state index in [1.807, 2.05) is 0 Å². The summed E-state index contributed by atoms with van der Waals surface area (Å²) in [5.74, 6) is -0.382. The second-order valence-electron chi connectivity index (χ2n) is 6.27. The molecular weight excluding hydrogens is 415 g/mol. The first-order valence-corrected chi connectivity index (χ1v) is 10.5. The molecule has 11 heteroatoms. The highest BCUT2D eigenvalue weighted by atomic mass is 31.2. The molecule has 0 fully saturated rings. The minimum absolute atomic E-state index is 0.0222. The summed E-state index contributed by atoms with van der Waals surface area (Å²) >= 11 is 0. The molecule has 2 aromatic rings. The Hall–Kier alpha value is -2.94. The van der Waals surface area contributed by atoms with Crippen molar-refractivity contribution in [3.63, 3.8) is 0 Å². The number of hydrogen-bond acceptors (Lipinski definition) is 8. The minimum Gasteiger partial charge on any atom is -0.462 e. The molecular formula is C19H23N2O8P. The third-order valence-corrected chi connectivity index (χ3v) is 5.42. The number of nitrogens with zero attached hydrogens (tertiary/aromatic N) is 1. The fourth-order valence-electron chi connectivity index (χ4n) is 2.14. The van der Waals surface area contributed by atoms with Crippen LogP contribution in [-0.4, -0.2) is 36.8 Å². The third kappa shape index (κ3) is 7.14. The summed E-state index contributed by atoms with van der Waals surface area (Å²) in [4.78, 5) is 22.5. The van der Waals surface area contributed by atoms with Crippen molar-refractivity contribution in [3.8, 4) is 11.5 Å². The molecule has 0 radical (unpaired) electrons. The van der Waals surface area contributed by atoms with Gasteiger partial charge in [0.2, 0.25) is 0 Å². The van der Waals surface area contributed by atoms with E-state index in [2.05, 4.69) is 5.09 Å². The predicted molar refractivity (Wildman–Crippen MR) is 108 cm³/mol. The normalized spacial score (nSPS) is 14.8. The number of carbonyl (C=O) groups is 1. The maximum Gasteiger partial charge on any atom is 0.513 e. The average molecular weight is 438 g/mol. The van der Waals surface area contributed by atoms with Crippen molar-refractivity contribution in [1.29, 1.82) is 0 Å². The highest BCUT2D eigenvalue weighted by Crippen LogP contribution is 2.45. The van der Waals surface area contributed by atoms with Gasteiger partial charge >= 0.3 is 13.7 Å². The van der Waals surface area contributed by atoms with E-state index in [1.54, 1.807) is 37.3 Å². The van der Waals surface area contributed by atoms with Crippen molar-refractivity contribution < 1.29 is 32.8 Å². The van der Waals surface area contributed by atoms with E-state index < -0.39 is 24.7 Å². The van der Waals surface area contributed by atoms with Crippen LogP contribution in [0.5, 0.6) is 11.5 Å². The summed E-state index contributed by atoms with van der Waals surface area (Å²) in [5, 5.41) is 13.3. The van der Waals surface area contributed by atoms with Gasteiger partial charge in [0, 0.05) is 19.2 Å². The number of rotatable bonds is 11. The minimum atomic E-state index is -4.12. The van der Waals surface area contributed by atoms with Gasteiger partial charge in [0.1, 0.15) is 24.1 Å². The predicted octanol–water partition coefficient (Wildman–Crippen LogP) is 3.72. The van der Waals surface area contributed by atoms with Gasteiger partial charge in [0.15, 0.2) is 0 Å². The van der Waals surface area contributed by atoms with Gasteiger partial charge in [0.25, 0.3) is 5.69 Å². The molecule has 3 atom stereocenters. The first-order chi connectivity index (χ1) is 14.2. The number of nitrogens with one attached hydrogen (secondary N) is 1. The second kappa shape index (κ2) is 10.7. The van der Waals surface area contributed by atoms with Gasteiger partial charge in [-0.3, -0.25) is 14.9 Å². The van der Waals surface area contributed by atoms with Crippen LogP contribution in [0.1, 0.15) is 13.8 Å². The fourth-order valence-corrected chi connectivity index (χ4v) is 3.66. The average Bonchev–Trinajstić information content (AvgIpc) is 2.72. The number of hydrogen-bond donors (Lipinski definition) is 1. The number of esters is 1. The van der Waals surface area contributed by atoms with Gasteiger partial charge < -0.3 is 18.5 Å². The molecule has 0 spiro atoms. The van der Waals surface area contributed by atoms with Crippen LogP contribution in [0, 0.1) is 10.1 Å². The van der Waals surface area contributed by atoms with Crippen LogP contribution in [0.15, 0.2) is 54.6 Å². The lowest BCUT2D eigenvalue weighted by Gasteiger charge is -2.23. The van der Waals surface area contributed by atoms with Crippen LogP contribution in [0.4, 0.5) is 5.69 Å². The van der Waals surface area contributed by atoms with Gasteiger partial charge in [-0.1, -0.05) is 18.2 Å². The molecule has 0 aliphatic carbocycles. The number of carbonyl (C=O) groups excluding carboxylic acids is 1. The molecule has 0 saturated heterocycles. The third-order valence-electron chi connectivity index (χ3n) is 3.81. The number of non-ortho nitro benzene ring substituents is 1. The van der Waals surface area contributed by atoms with E-state index >= 15 is 0 Å². The van der Waals surface area contributed by atoms with Crippen molar-refractivity contribution in [3.05, 3.63) is 64.7 Å². The zero-order chi connectivity index (χ0) is 22.1. The largest absolute Gasteiger partial charge is 0.513 e. The number of ether oxygens (including phenoxy) is 2. The lowest BCUT2D eigenvalue weighted by Crippen LogP contribution is -2.36. The molecule has 0 aromatic heterocycles. The molecule has 162 valence electrons. The molecule has 0 heterocycles. The fraction of sp³-hybridized carbons (Fsp3) is 0.316. The molecule has 1 N–H and O–H groups in total.